The fourth-order valence-electron chi connectivity index (χ4n) is 6.36. The first-order valence-corrected chi connectivity index (χ1v) is 20.0. The van der Waals surface area contributed by atoms with Crippen LogP contribution in [0.1, 0.15) is 30.9 Å². The van der Waals surface area contributed by atoms with E-state index in [0.29, 0.717) is 29.9 Å². The van der Waals surface area contributed by atoms with Gasteiger partial charge in [0.1, 0.15) is 60.4 Å². The molecule has 3 fully saturated rings. The van der Waals surface area contributed by atoms with E-state index in [2.05, 4.69) is 24.9 Å². The van der Waals surface area contributed by atoms with Crippen LogP contribution < -0.4 is 69.6 Å². The first kappa shape index (κ1) is 39.3. The molecule has 10 atom stereocenters. The summed E-state index contributed by atoms with van der Waals surface area (Å²) in [5.74, 6) is 0.501. The fourth-order valence-corrected chi connectivity index (χ4v) is 9.19. The van der Waals surface area contributed by atoms with Gasteiger partial charge in [0, 0.05) is 6.20 Å². The van der Waals surface area contributed by atoms with Crippen LogP contribution in [0.4, 0.5) is 5.82 Å². The van der Waals surface area contributed by atoms with Crippen LogP contribution in [0.15, 0.2) is 25.2 Å². The molecule has 4 aliphatic rings. The molecule has 0 aliphatic carbocycles. The Labute approximate surface area is 338 Å². The average molecular weight is 789 g/mol. The molecule has 4 aromatic heterocycles. The molecule has 258 valence electrons. The molecule has 2 bridgehead atoms. The molecule has 3 saturated heterocycles. The van der Waals surface area contributed by atoms with Gasteiger partial charge < -0.3 is 77.3 Å². The summed E-state index contributed by atoms with van der Waals surface area (Å²) < 4.78 is 70.7. The molecule has 4 aromatic rings. The molecule has 19 nitrogen and oxygen atoms in total. The maximum Gasteiger partial charge on any atom is 1.00 e. The normalized spacial score (nSPS) is 36.1. The Bertz CT molecular complexity index is 1980. The number of aryl methyl sites for hydroxylation is 1. The second-order valence-corrected chi connectivity index (χ2v) is 17.0. The second-order valence-electron chi connectivity index (χ2n) is 11.6. The minimum absolute atomic E-state index is 0. The number of anilines is 1. The minimum Gasteiger partial charge on any atom is -0.660 e. The van der Waals surface area contributed by atoms with Crippen LogP contribution in [-0.2, 0) is 67.6 Å². The van der Waals surface area contributed by atoms with Gasteiger partial charge in [-0.05, 0) is 24.8 Å². The zero-order valence-corrected chi connectivity index (χ0v) is 34.1. The minimum atomic E-state index is -4.43. The third-order valence-corrected chi connectivity index (χ3v) is 11.7. The van der Waals surface area contributed by atoms with Crippen LogP contribution in [0.3, 0.4) is 0 Å². The SMILES string of the molecule is Nc1ncnc2c1ncn2[C@@H]1O[C@@H]2COP(=O)([S-])O[C@H]3[C@@H](O)[C@H](n4cc5c6c(ncnc64)OCCCC5)O[C@@H]3COP(=O)([S-])O[C@@H]1[C@@H]2O.[Na+].[Na+]. The Morgan fingerprint density at radius 2 is 1.50 bits per heavy atom. The summed E-state index contributed by atoms with van der Waals surface area (Å²) in [5, 5.41) is 23.4. The van der Waals surface area contributed by atoms with Crippen molar-refractivity contribution in [1.82, 2.24) is 34.1 Å². The van der Waals surface area contributed by atoms with Gasteiger partial charge in [0.2, 0.25) is 12.7 Å². The average Bonchev–Trinajstić information content (AvgIpc) is 3.78. The van der Waals surface area contributed by atoms with Gasteiger partial charge in [-0.25, -0.2) is 24.9 Å². The summed E-state index contributed by atoms with van der Waals surface area (Å²) in [6, 6.07) is 0. The number of nitrogens with two attached hydrogens (primary N) is 1. The Balaban J connectivity index is 0.00000216. The number of fused-ring (bicyclic) bond motifs is 4. The third kappa shape index (κ3) is 7.35. The summed E-state index contributed by atoms with van der Waals surface area (Å²) >= 11 is 10.4. The van der Waals surface area contributed by atoms with Gasteiger partial charge in [0.05, 0.1) is 31.5 Å². The Morgan fingerprint density at radius 3 is 2.28 bits per heavy atom. The van der Waals surface area contributed by atoms with Crippen LogP contribution in [-0.4, -0.2) is 101 Å². The monoisotopic (exact) mass is 788 g/mol. The summed E-state index contributed by atoms with van der Waals surface area (Å²) in [5.41, 5.74) is 7.71. The van der Waals surface area contributed by atoms with Crippen molar-refractivity contribution in [2.45, 2.75) is 68.3 Å². The number of imidazole rings is 1. The molecule has 4 N–H and O–H groups in total. The van der Waals surface area contributed by atoms with Crippen LogP contribution in [0.25, 0.3) is 22.2 Å². The van der Waals surface area contributed by atoms with Crippen LogP contribution >= 0.6 is 13.6 Å². The number of rotatable bonds is 2. The molecular weight excluding hydrogens is 760 g/mol. The summed E-state index contributed by atoms with van der Waals surface area (Å²) in [4.78, 5) is 21.0. The van der Waals surface area contributed by atoms with E-state index in [-0.39, 0.29) is 76.1 Å². The molecule has 0 amide bonds. The molecule has 0 spiro atoms. The van der Waals surface area contributed by atoms with Crippen molar-refractivity contribution < 1.29 is 111 Å². The van der Waals surface area contributed by atoms with Gasteiger partial charge >= 0.3 is 59.1 Å². The van der Waals surface area contributed by atoms with E-state index in [1.165, 1.54) is 23.5 Å². The van der Waals surface area contributed by atoms with E-state index in [4.69, 9.17) is 62.5 Å². The van der Waals surface area contributed by atoms with Crippen LogP contribution in [0.2, 0.25) is 0 Å². The number of hydrogen-bond donors (Lipinski definition) is 3. The van der Waals surface area contributed by atoms with E-state index >= 15 is 0 Å². The number of aliphatic hydroxyl groups is 2. The zero-order chi connectivity index (χ0) is 33.4. The number of nitrogen functional groups attached to an aromatic ring is 1. The van der Waals surface area contributed by atoms with Crippen molar-refractivity contribution in [3.05, 3.63) is 30.7 Å². The van der Waals surface area contributed by atoms with E-state index in [1.54, 1.807) is 10.8 Å². The van der Waals surface area contributed by atoms with Crippen LogP contribution in [0, 0.1) is 0 Å². The maximum atomic E-state index is 13.6. The van der Waals surface area contributed by atoms with E-state index < -0.39 is 75.9 Å². The topological polar surface area (TPSA) is 240 Å². The van der Waals surface area contributed by atoms with Gasteiger partial charge in [0.15, 0.2) is 30.7 Å². The van der Waals surface area contributed by atoms with E-state index in [1.807, 2.05) is 0 Å². The molecule has 4 aliphatic heterocycles. The molecule has 25 heteroatoms. The predicted molar refractivity (Wildman–Crippen MR) is 167 cm³/mol. The Morgan fingerprint density at radius 1 is 0.820 bits per heavy atom. The second kappa shape index (κ2) is 15.4. The molecule has 0 aromatic carbocycles. The van der Waals surface area contributed by atoms with Gasteiger partial charge in [-0.1, -0.05) is 0 Å². The molecule has 8 heterocycles. The summed E-state index contributed by atoms with van der Waals surface area (Å²) in [7, 11) is 0. The van der Waals surface area contributed by atoms with Crippen molar-refractivity contribution in [3.8, 4) is 5.88 Å². The molecule has 8 rings (SSSR count). The van der Waals surface area contributed by atoms with Crippen molar-refractivity contribution in [3.63, 3.8) is 0 Å². The maximum absolute atomic E-state index is 13.6. The Kier molecular flexibility index (Phi) is 12.1. The summed E-state index contributed by atoms with van der Waals surface area (Å²) in [6.07, 6.45) is -2.59. The molecular formula is C25H28N8Na2O11P2S2. The smallest absolute Gasteiger partial charge is 0.660 e. The van der Waals surface area contributed by atoms with Gasteiger partial charge in [0.25, 0.3) is 0 Å². The van der Waals surface area contributed by atoms with Gasteiger partial charge in [-0.3, -0.25) is 13.7 Å². The molecule has 0 saturated carbocycles. The quantitative estimate of drug-likeness (QED) is 0.0982. The number of hydrogen-bond acceptors (Lipinski definition) is 19. The van der Waals surface area contributed by atoms with E-state index in [0.717, 1.165) is 18.4 Å². The number of aliphatic hydroxyl groups excluding tert-OH is 2. The third-order valence-electron chi connectivity index (χ3n) is 8.59. The molecule has 2 unspecified atom stereocenters. The Hall–Kier alpha value is -0.390. The van der Waals surface area contributed by atoms with Gasteiger partial charge in [-0.15, -0.1) is 0 Å². The van der Waals surface area contributed by atoms with Crippen LogP contribution in [0.5, 0.6) is 5.88 Å². The van der Waals surface area contributed by atoms with Crippen molar-refractivity contribution in [2.75, 3.05) is 25.6 Å². The van der Waals surface area contributed by atoms with Crippen molar-refractivity contribution in [2.24, 2.45) is 0 Å². The summed E-state index contributed by atoms with van der Waals surface area (Å²) in [6.45, 7) is -9.44. The first-order chi connectivity index (χ1) is 23.0. The predicted octanol–water partition coefficient (Wildman–Crippen LogP) is -4.78. The first-order valence-electron chi connectivity index (χ1n) is 14.8. The van der Waals surface area contributed by atoms with Crippen molar-refractivity contribution in [1.29, 1.82) is 0 Å². The van der Waals surface area contributed by atoms with E-state index in [9.17, 15) is 19.3 Å². The standard InChI is InChI=1S/C25H30N8O11P2S2.2Na/c26-20-15-22(29-8-27-20)33(10-31-15)25-19-16(34)12(41-25)6-39-45(36,47)43-18-13(7-40-46(37,48)44-19)42-24(17(18)35)32-5-11-3-1-2-4-38-23-14(11)21(32)28-9-30-23;;/h5,8-10,12-13,16-19,24-25,34-35H,1-4,6-7H2,(H,36,47)(H,37,48)(H2,26,27,29);;/q;2*+1/p-2/t12-,13-,16-,17-,18-,19-,24-,25-,45?,46?;;/m1../s1. The number of nitrogens with zero attached hydrogens (tertiary/aromatic N) is 7. The number of ether oxygens (including phenoxy) is 3. The van der Waals surface area contributed by atoms with Crippen molar-refractivity contribution >= 4 is 66.1 Å². The fraction of sp³-hybridized carbons (Fsp3) is 0.560. The largest absolute Gasteiger partial charge is 1.00 e. The van der Waals surface area contributed by atoms with Gasteiger partial charge in [-0.2, -0.15) is 0 Å². The number of aromatic nitrogens is 7. The zero-order valence-electron chi connectivity index (χ0n) is 26.7. The molecule has 0 radical (unpaired) electrons. The molecule has 50 heavy (non-hydrogen) atoms.